The minimum Gasteiger partial charge on any atom is -0.396 e. The Labute approximate surface area is 111 Å². The topological polar surface area (TPSA) is 55.5 Å². The zero-order chi connectivity index (χ0) is 15.1. The fraction of sp³-hybridized carbons (Fsp3) is 0.500. The van der Waals surface area contributed by atoms with Crippen LogP contribution in [0.3, 0.4) is 0 Å². The van der Waals surface area contributed by atoms with E-state index in [4.69, 9.17) is 5.73 Å². The molecule has 0 aliphatic carbocycles. The molecule has 1 fully saturated rings. The fourth-order valence-electron chi connectivity index (χ4n) is 2.44. The Hall–Kier alpha value is -1.25. The molecule has 1 heterocycles. The maximum absolute atomic E-state index is 13.8. The number of aliphatic hydroxyl groups excluding tert-OH is 1. The Morgan fingerprint density at radius 3 is 2.55 bits per heavy atom. The Morgan fingerprint density at radius 2 is 2.00 bits per heavy atom. The maximum atomic E-state index is 13.8. The molecule has 112 valence electrons. The molecule has 0 spiro atoms. The minimum absolute atomic E-state index is 0.441. The molecule has 0 aromatic heterocycles. The van der Waals surface area contributed by atoms with Crippen molar-refractivity contribution in [3.63, 3.8) is 0 Å². The van der Waals surface area contributed by atoms with Crippen LogP contribution in [-0.4, -0.2) is 30.6 Å². The second kappa shape index (κ2) is 4.94. The second-order valence-electron chi connectivity index (χ2n) is 4.70. The molecule has 3 N–H and O–H groups in total. The Morgan fingerprint density at radius 1 is 1.35 bits per heavy atom. The number of halogens is 5. The smallest absolute Gasteiger partial charge is 0.396 e. The Kier molecular flexibility index (Phi) is 3.74. The molecule has 8 heteroatoms. The Balaban J connectivity index is 2.47. The number of ether oxygens (including phenoxy) is 1. The zero-order valence-electron chi connectivity index (χ0n) is 10.1. The van der Waals surface area contributed by atoms with E-state index in [9.17, 15) is 27.1 Å². The molecule has 1 aliphatic rings. The first-order chi connectivity index (χ1) is 9.21. The van der Waals surface area contributed by atoms with E-state index in [0.29, 0.717) is 0 Å². The molecular weight excluding hydrogens is 285 g/mol. The first-order valence-electron chi connectivity index (χ1n) is 5.74. The van der Waals surface area contributed by atoms with Crippen molar-refractivity contribution in [2.75, 3.05) is 13.2 Å². The lowest BCUT2D eigenvalue weighted by atomic mass is 9.78. The molecule has 1 saturated heterocycles. The largest absolute Gasteiger partial charge is 0.415 e. The maximum Gasteiger partial charge on any atom is 0.415 e. The highest BCUT2D eigenvalue weighted by atomic mass is 19.4. The molecule has 3 unspecified atom stereocenters. The van der Waals surface area contributed by atoms with E-state index in [1.165, 1.54) is 0 Å². The van der Waals surface area contributed by atoms with Crippen LogP contribution in [0.4, 0.5) is 22.0 Å². The first kappa shape index (κ1) is 15.1. The van der Waals surface area contributed by atoms with Gasteiger partial charge in [0, 0.05) is 11.5 Å². The minimum atomic E-state index is -4.75. The molecule has 20 heavy (non-hydrogen) atoms. The lowest BCUT2D eigenvalue weighted by molar-refractivity contribution is -0.219. The van der Waals surface area contributed by atoms with Crippen LogP contribution in [-0.2, 0) is 10.3 Å². The number of alkyl halides is 3. The van der Waals surface area contributed by atoms with Gasteiger partial charge in [-0.25, -0.2) is 8.78 Å². The summed E-state index contributed by atoms with van der Waals surface area (Å²) in [5.74, 6) is -4.17. The molecule has 1 aromatic rings. The summed E-state index contributed by atoms with van der Waals surface area (Å²) in [5.41, 5.74) is 3.42. The van der Waals surface area contributed by atoms with Crippen LogP contribution in [0.1, 0.15) is 5.56 Å². The van der Waals surface area contributed by atoms with Gasteiger partial charge in [0.15, 0.2) is 17.7 Å². The van der Waals surface area contributed by atoms with Crippen molar-refractivity contribution < 1.29 is 31.8 Å². The number of hydrogen-bond acceptors (Lipinski definition) is 3. The highest BCUT2D eigenvalue weighted by Gasteiger charge is 2.58. The van der Waals surface area contributed by atoms with Gasteiger partial charge in [-0.3, -0.25) is 0 Å². The molecule has 0 bridgehead atoms. The highest BCUT2D eigenvalue weighted by molar-refractivity contribution is 5.30. The van der Waals surface area contributed by atoms with Crippen molar-refractivity contribution in [1.82, 2.24) is 0 Å². The van der Waals surface area contributed by atoms with Gasteiger partial charge in [-0.1, -0.05) is 12.1 Å². The van der Waals surface area contributed by atoms with Crippen molar-refractivity contribution in [1.29, 1.82) is 0 Å². The number of hydrogen-bond donors (Lipinski definition) is 2. The van der Waals surface area contributed by atoms with E-state index in [-0.39, 0.29) is 0 Å². The van der Waals surface area contributed by atoms with Crippen molar-refractivity contribution in [2.24, 2.45) is 11.7 Å². The van der Waals surface area contributed by atoms with Crippen LogP contribution in [0.25, 0.3) is 0 Å². The van der Waals surface area contributed by atoms with Crippen LogP contribution in [0.5, 0.6) is 0 Å². The second-order valence-corrected chi connectivity index (χ2v) is 4.70. The SMILES string of the molecule is NC1(c2cccc(F)c2F)COC(C(F)(F)F)C1CO. The summed E-state index contributed by atoms with van der Waals surface area (Å²) in [6, 6.07) is 3.05. The average molecular weight is 297 g/mol. The number of nitrogens with two attached hydrogens (primary N) is 1. The van der Waals surface area contributed by atoms with Gasteiger partial charge in [-0.2, -0.15) is 13.2 Å². The summed E-state index contributed by atoms with van der Waals surface area (Å²) < 4.78 is 69.9. The van der Waals surface area contributed by atoms with Crippen molar-refractivity contribution in [3.05, 3.63) is 35.4 Å². The predicted molar refractivity (Wildman–Crippen MR) is 58.6 cm³/mol. The summed E-state index contributed by atoms with van der Waals surface area (Å²) in [7, 11) is 0. The van der Waals surface area contributed by atoms with E-state index in [1.54, 1.807) is 0 Å². The van der Waals surface area contributed by atoms with Gasteiger partial charge in [0.05, 0.1) is 18.8 Å². The van der Waals surface area contributed by atoms with E-state index >= 15 is 0 Å². The summed E-state index contributed by atoms with van der Waals surface area (Å²) in [6.07, 6.45) is -7.07. The van der Waals surface area contributed by atoms with Gasteiger partial charge in [0.1, 0.15) is 0 Å². The predicted octanol–water partition coefficient (Wildman–Crippen LogP) is 1.69. The van der Waals surface area contributed by atoms with Gasteiger partial charge in [-0.05, 0) is 6.07 Å². The van der Waals surface area contributed by atoms with Crippen LogP contribution in [0.2, 0.25) is 0 Å². The summed E-state index contributed by atoms with van der Waals surface area (Å²) in [5, 5.41) is 9.18. The molecule has 0 radical (unpaired) electrons. The lowest BCUT2D eigenvalue weighted by Gasteiger charge is -2.31. The van der Waals surface area contributed by atoms with Crippen LogP contribution >= 0.6 is 0 Å². The van der Waals surface area contributed by atoms with E-state index in [0.717, 1.165) is 18.2 Å². The van der Waals surface area contributed by atoms with Crippen molar-refractivity contribution in [3.8, 4) is 0 Å². The third kappa shape index (κ3) is 2.27. The normalized spacial score (nSPS) is 30.8. The first-order valence-corrected chi connectivity index (χ1v) is 5.74. The molecule has 3 atom stereocenters. The number of benzene rings is 1. The Bertz CT molecular complexity index is 507. The molecule has 0 amide bonds. The van der Waals surface area contributed by atoms with Crippen LogP contribution < -0.4 is 5.73 Å². The summed E-state index contributed by atoms with van der Waals surface area (Å²) in [4.78, 5) is 0. The van der Waals surface area contributed by atoms with E-state index in [2.05, 4.69) is 4.74 Å². The van der Waals surface area contributed by atoms with E-state index < -0.39 is 54.1 Å². The van der Waals surface area contributed by atoms with Gasteiger partial charge in [0.2, 0.25) is 0 Å². The zero-order valence-corrected chi connectivity index (χ0v) is 10.1. The van der Waals surface area contributed by atoms with Crippen LogP contribution in [0, 0.1) is 17.6 Å². The standard InChI is InChI=1S/C12H12F5NO2/c13-8-3-1-2-6(9(8)14)11(18)5-20-10(7(11)4-19)12(15,16)17/h1-3,7,10,19H,4-5,18H2. The molecule has 3 nitrogen and oxygen atoms in total. The summed E-state index contributed by atoms with van der Waals surface area (Å²) in [6.45, 7) is -1.63. The van der Waals surface area contributed by atoms with Gasteiger partial charge < -0.3 is 15.6 Å². The number of rotatable bonds is 2. The molecule has 1 aliphatic heterocycles. The lowest BCUT2D eigenvalue weighted by Crippen LogP contribution is -2.50. The fourth-order valence-corrected chi connectivity index (χ4v) is 2.44. The summed E-state index contributed by atoms with van der Waals surface area (Å²) >= 11 is 0. The molecular formula is C12H12F5NO2. The van der Waals surface area contributed by atoms with Gasteiger partial charge in [-0.15, -0.1) is 0 Å². The monoisotopic (exact) mass is 297 g/mol. The molecule has 0 saturated carbocycles. The molecule has 2 rings (SSSR count). The van der Waals surface area contributed by atoms with Crippen molar-refractivity contribution >= 4 is 0 Å². The third-order valence-electron chi connectivity index (χ3n) is 3.50. The molecule has 1 aromatic carbocycles. The van der Waals surface area contributed by atoms with Gasteiger partial charge >= 0.3 is 6.18 Å². The highest BCUT2D eigenvalue weighted by Crippen LogP contribution is 2.44. The average Bonchev–Trinajstić information content (AvgIpc) is 2.70. The van der Waals surface area contributed by atoms with E-state index in [1.807, 2.05) is 0 Å². The number of aliphatic hydroxyl groups is 1. The van der Waals surface area contributed by atoms with Crippen molar-refractivity contribution in [2.45, 2.75) is 17.8 Å². The quantitative estimate of drug-likeness (QED) is 0.817. The van der Waals surface area contributed by atoms with Gasteiger partial charge in [0.25, 0.3) is 0 Å². The van der Waals surface area contributed by atoms with Crippen LogP contribution in [0.15, 0.2) is 18.2 Å². The third-order valence-corrected chi connectivity index (χ3v) is 3.50.